The quantitative estimate of drug-likeness (QED) is 0.552. The zero-order chi connectivity index (χ0) is 17.8. The summed E-state index contributed by atoms with van der Waals surface area (Å²) in [5.41, 5.74) is 0. The molecule has 0 spiro atoms. The Hall–Kier alpha value is -1.15. The first-order valence-corrected chi connectivity index (χ1v) is 11.1. The molecule has 0 bridgehead atoms. The van der Waals surface area contributed by atoms with Crippen LogP contribution < -0.4 is 8.71 Å². The van der Waals surface area contributed by atoms with Gasteiger partial charge < -0.3 is 13.6 Å². The fourth-order valence-electron chi connectivity index (χ4n) is 1.65. The highest BCUT2D eigenvalue weighted by Gasteiger charge is 2.19. The summed E-state index contributed by atoms with van der Waals surface area (Å²) in [6, 6.07) is 11.2. The maximum Gasteiger partial charge on any atom is 0.377 e. The van der Waals surface area contributed by atoms with Crippen LogP contribution in [0.25, 0.3) is 0 Å². The summed E-state index contributed by atoms with van der Waals surface area (Å²) in [4.78, 5) is 9.67. The first-order chi connectivity index (χ1) is 11.2. The van der Waals surface area contributed by atoms with Crippen LogP contribution in [0.15, 0.2) is 53.4 Å². The standard InChI is InChI=1S/C14H14ClO6PS2/c1-2-19-22(16,23)20-12-7-9-14(10-8-12)24(17,18)21-13-5-3-11(15)4-6-13/h3-10H,2H2,1H3,(H,16,23). The lowest BCUT2D eigenvalue weighted by Gasteiger charge is -2.15. The number of hydrogen-bond acceptors (Lipinski definition) is 6. The van der Waals surface area contributed by atoms with Crippen molar-refractivity contribution in [1.29, 1.82) is 0 Å². The third-order valence-electron chi connectivity index (χ3n) is 2.64. The zero-order valence-electron chi connectivity index (χ0n) is 12.5. The maximum atomic E-state index is 12.2. The van der Waals surface area contributed by atoms with Crippen LogP contribution in [0.5, 0.6) is 11.5 Å². The minimum atomic E-state index is -4.01. The van der Waals surface area contributed by atoms with Crippen molar-refractivity contribution in [2.45, 2.75) is 11.8 Å². The van der Waals surface area contributed by atoms with E-state index in [4.69, 9.17) is 36.6 Å². The molecule has 2 aromatic carbocycles. The van der Waals surface area contributed by atoms with Crippen molar-refractivity contribution >= 4 is 40.2 Å². The molecule has 24 heavy (non-hydrogen) atoms. The van der Waals surface area contributed by atoms with Gasteiger partial charge in [-0.25, -0.2) is 0 Å². The van der Waals surface area contributed by atoms with E-state index in [9.17, 15) is 13.3 Å². The molecule has 130 valence electrons. The smallest absolute Gasteiger partial charge is 0.377 e. The van der Waals surface area contributed by atoms with Gasteiger partial charge in [0.25, 0.3) is 0 Å². The van der Waals surface area contributed by atoms with Gasteiger partial charge in [-0.05, 0) is 55.5 Å². The van der Waals surface area contributed by atoms with E-state index in [1.807, 2.05) is 0 Å². The molecule has 0 heterocycles. The summed E-state index contributed by atoms with van der Waals surface area (Å²) in [6.45, 7) is -1.51. The molecule has 1 atom stereocenters. The van der Waals surface area contributed by atoms with E-state index in [-0.39, 0.29) is 23.0 Å². The van der Waals surface area contributed by atoms with Crippen LogP contribution in [0.2, 0.25) is 5.02 Å². The highest BCUT2D eigenvalue weighted by atomic mass is 35.5. The average molecular weight is 409 g/mol. The summed E-state index contributed by atoms with van der Waals surface area (Å²) in [6.07, 6.45) is 0. The molecule has 1 N–H and O–H groups in total. The zero-order valence-corrected chi connectivity index (χ0v) is 15.7. The van der Waals surface area contributed by atoms with Crippen LogP contribution in [0, 0.1) is 0 Å². The van der Waals surface area contributed by atoms with Gasteiger partial charge in [0.2, 0.25) is 0 Å². The summed E-state index contributed by atoms with van der Waals surface area (Å²) >= 11 is 10.5. The summed E-state index contributed by atoms with van der Waals surface area (Å²) in [5.74, 6) is 0.335. The van der Waals surface area contributed by atoms with Crippen molar-refractivity contribution in [3.8, 4) is 11.5 Å². The molecule has 1 unspecified atom stereocenters. The maximum absolute atomic E-state index is 12.2. The number of rotatable bonds is 7. The average Bonchev–Trinajstić information content (AvgIpc) is 2.49. The van der Waals surface area contributed by atoms with Gasteiger partial charge in [-0.2, -0.15) is 8.42 Å². The van der Waals surface area contributed by atoms with E-state index in [0.717, 1.165) is 0 Å². The Morgan fingerprint density at radius 3 is 2.17 bits per heavy atom. The van der Waals surface area contributed by atoms with Crippen molar-refractivity contribution in [3.05, 3.63) is 53.6 Å². The Labute approximate surface area is 150 Å². The minimum Gasteiger partial charge on any atom is -0.424 e. The second-order valence-corrected chi connectivity index (χ2v) is 9.19. The second kappa shape index (κ2) is 7.82. The van der Waals surface area contributed by atoms with Gasteiger partial charge in [0.15, 0.2) is 0 Å². The molecule has 0 saturated heterocycles. The summed E-state index contributed by atoms with van der Waals surface area (Å²) < 4.78 is 39.5. The molecule has 0 fully saturated rings. The topological polar surface area (TPSA) is 82.1 Å². The fourth-order valence-corrected chi connectivity index (χ4v) is 4.05. The van der Waals surface area contributed by atoms with Crippen LogP contribution in [0.4, 0.5) is 0 Å². The predicted octanol–water partition coefficient (Wildman–Crippen LogP) is 3.74. The lowest BCUT2D eigenvalue weighted by molar-refractivity contribution is 0.271. The molecule has 2 rings (SSSR count). The Balaban J connectivity index is 2.14. The molecule has 2 aromatic rings. The Bertz CT molecular complexity index is 837. The van der Waals surface area contributed by atoms with Gasteiger partial charge in [0, 0.05) is 16.8 Å². The van der Waals surface area contributed by atoms with Crippen LogP contribution in [-0.4, -0.2) is 19.9 Å². The predicted molar refractivity (Wildman–Crippen MR) is 94.5 cm³/mol. The van der Waals surface area contributed by atoms with Gasteiger partial charge in [0.1, 0.15) is 16.4 Å². The largest absolute Gasteiger partial charge is 0.424 e. The van der Waals surface area contributed by atoms with E-state index in [1.165, 1.54) is 48.5 Å². The first kappa shape index (κ1) is 19.2. The molecule has 0 aliphatic heterocycles. The molecular weight excluding hydrogens is 395 g/mol. The monoisotopic (exact) mass is 408 g/mol. The van der Waals surface area contributed by atoms with Crippen LogP contribution in [0.3, 0.4) is 0 Å². The number of benzene rings is 2. The van der Waals surface area contributed by atoms with Crippen molar-refractivity contribution < 1.29 is 26.5 Å². The SMILES string of the molecule is CCOP(O)(=S)Oc1ccc(S(=O)(=O)Oc2ccc(Cl)cc2)cc1. The molecule has 10 heteroatoms. The van der Waals surface area contributed by atoms with Gasteiger partial charge in [-0.15, -0.1) is 0 Å². The lowest BCUT2D eigenvalue weighted by Crippen LogP contribution is -2.09. The van der Waals surface area contributed by atoms with Gasteiger partial charge in [-0.1, -0.05) is 11.6 Å². The van der Waals surface area contributed by atoms with E-state index in [0.29, 0.717) is 5.02 Å². The fraction of sp³-hybridized carbons (Fsp3) is 0.143. The summed E-state index contributed by atoms with van der Waals surface area (Å²) in [5, 5.41) is 0.468. The molecule has 0 aliphatic rings. The van der Waals surface area contributed by atoms with Gasteiger partial charge in [-0.3, -0.25) is 4.52 Å². The molecule has 0 saturated carbocycles. The molecular formula is C14H14ClO6PS2. The highest BCUT2D eigenvalue weighted by molar-refractivity contribution is 8.07. The normalized spacial score (nSPS) is 14.0. The van der Waals surface area contributed by atoms with Crippen LogP contribution in [-0.2, 0) is 26.4 Å². The molecule has 0 radical (unpaired) electrons. The molecule has 6 nitrogen and oxygen atoms in total. The Morgan fingerprint density at radius 2 is 1.62 bits per heavy atom. The number of hydrogen-bond donors (Lipinski definition) is 1. The minimum absolute atomic E-state index is 0.0764. The Morgan fingerprint density at radius 1 is 1.08 bits per heavy atom. The Kier molecular flexibility index (Phi) is 6.25. The highest BCUT2D eigenvalue weighted by Crippen LogP contribution is 2.44. The van der Waals surface area contributed by atoms with E-state index in [1.54, 1.807) is 6.92 Å². The van der Waals surface area contributed by atoms with Crippen molar-refractivity contribution in [3.63, 3.8) is 0 Å². The number of halogens is 1. The second-order valence-electron chi connectivity index (χ2n) is 4.44. The third-order valence-corrected chi connectivity index (χ3v) is 5.72. The van der Waals surface area contributed by atoms with Gasteiger partial charge >= 0.3 is 16.8 Å². The third kappa shape index (κ3) is 5.44. The lowest BCUT2D eigenvalue weighted by atomic mass is 10.3. The van der Waals surface area contributed by atoms with E-state index in [2.05, 4.69) is 0 Å². The van der Waals surface area contributed by atoms with E-state index < -0.39 is 16.8 Å². The van der Waals surface area contributed by atoms with E-state index >= 15 is 0 Å². The van der Waals surface area contributed by atoms with Crippen molar-refractivity contribution in [2.24, 2.45) is 0 Å². The molecule has 0 aliphatic carbocycles. The first-order valence-electron chi connectivity index (χ1n) is 6.69. The molecule has 0 aromatic heterocycles. The van der Waals surface area contributed by atoms with Gasteiger partial charge in [0.05, 0.1) is 6.61 Å². The van der Waals surface area contributed by atoms with Crippen molar-refractivity contribution in [2.75, 3.05) is 6.61 Å². The molecule has 0 amide bonds. The summed E-state index contributed by atoms with van der Waals surface area (Å²) in [7, 11) is -4.01. The van der Waals surface area contributed by atoms with Crippen LogP contribution >= 0.6 is 18.3 Å². The van der Waals surface area contributed by atoms with Crippen LogP contribution in [0.1, 0.15) is 6.92 Å². The van der Waals surface area contributed by atoms with Crippen molar-refractivity contribution in [1.82, 2.24) is 0 Å².